The van der Waals surface area contributed by atoms with Crippen LogP contribution in [-0.2, 0) is 17.9 Å². The molecule has 1 aromatic carbocycles. The van der Waals surface area contributed by atoms with Crippen LogP contribution in [0, 0.1) is 0 Å². The third-order valence-electron chi connectivity index (χ3n) is 5.68. The van der Waals surface area contributed by atoms with Crippen molar-refractivity contribution < 1.29 is 4.79 Å². The molecule has 0 aliphatic carbocycles. The number of halogens is 1. The van der Waals surface area contributed by atoms with E-state index in [2.05, 4.69) is 28.7 Å². The fourth-order valence-corrected chi connectivity index (χ4v) is 5.47. The van der Waals surface area contributed by atoms with Gasteiger partial charge in [-0.3, -0.25) is 14.8 Å². The second-order valence-corrected chi connectivity index (χ2v) is 9.69. The summed E-state index contributed by atoms with van der Waals surface area (Å²) in [6.45, 7) is 7.15. The molecule has 0 unspecified atom stereocenters. The molecule has 3 heterocycles. The maximum Gasteiger partial charge on any atom is 0.246 e. The molecular formula is C26H25ClN4OS. The van der Waals surface area contributed by atoms with Crippen molar-refractivity contribution >= 4 is 40.6 Å². The third-order valence-corrected chi connectivity index (χ3v) is 6.94. The Morgan fingerprint density at radius 3 is 2.88 bits per heavy atom. The maximum absolute atomic E-state index is 12.5. The number of hydrogen-bond acceptors (Lipinski definition) is 5. The zero-order valence-electron chi connectivity index (χ0n) is 18.4. The molecule has 2 aromatic heterocycles. The minimum atomic E-state index is -0.0866. The standard InChI is InChI=1S/C26H25ClN4OS/c1-3-26(32)31-15-23(21-11-25(27)33-24(21)16-31)20-9-5-4-8-19(20)22(17(2)28)14-30-13-18-7-6-10-29-12-18/h3-12,14,23H,1,13,15-16,28H2,2H3/t23-/m1/s1. The van der Waals surface area contributed by atoms with E-state index in [1.807, 2.05) is 48.4 Å². The van der Waals surface area contributed by atoms with Crippen LogP contribution in [0.4, 0.5) is 0 Å². The number of allylic oxidation sites excluding steroid dienone is 2. The summed E-state index contributed by atoms with van der Waals surface area (Å²) >= 11 is 7.90. The molecule has 1 aliphatic rings. The van der Waals surface area contributed by atoms with Crippen LogP contribution in [0.3, 0.4) is 0 Å². The molecule has 2 N–H and O–H groups in total. The van der Waals surface area contributed by atoms with E-state index < -0.39 is 0 Å². The number of thiophene rings is 1. The Bertz CT molecular complexity index is 1230. The van der Waals surface area contributed by atoms with Crippen molar-refractivity contribution in [2.45, 2.75) is 25.9 Å². The van der Waals surface area contributed by atoms with Crippen molar-refractivity contribution in [1.82, 2.24) is 9.88 Å². The monoisotopic (exact) mass is 476 g/mol. The van der Waals surface area contributed by atoms with Gasteiger partial charge in [0, 0.05) is 47.2 Å². The number of amides is 1. The zero-order chi connectivity index (χ0) is 23.4. The summed E-state index contributed by atoms with van der Waals surface area (Å²) in [5.74, 6) is -0.116. The lowest BCUT2D eigenvalue weighted by Crippen LogP contribution is -2.37. The normalized spacial score (nSPS) is 16.4. The number of aliphatic imine (C=N–C) groups is 1. The van der Waals surface area contributed by atoms with Crippen LogP contribution < -0.4 is 5.73 Å². The van der Waals surface area contributed by atoms with E-state index in [4.69, 9.17) is 17.3 Å². The largest absolute Gasteiger partial charge is 0.402 e. The Hall–Kier alpha value is -3.22. The number of hydrogen-bond donors (Lipinski definition) is 1. The van der Waals surface area contributed by atoms with Crippen LogP contribution in [0.2, 0.25) is 4.34 Å². The summed E-state index contributed by atoms with van der Waals surface area (Å²) in [5.41, 5.74) is 12.1. The van der Waals surface area contributed by atoms with E-state index in [1.165, 1.54) is 17.4 Å². The predicted molar refractivity (Wildman–Crippen MR) is 136 cm³/mol. The number of nitrogens with two attached hydrogens (primary N) is 1. The first-order valence-electron chi connectivity index (χ1n) is 10.6. The first kappa shape index (κ1) is 23.0. The van der Waals surface area contributed by atoms with E-state index in [9.17, 15) is 4.79 Å². The summed E-state index contributed by atoms with van der Waals surface area (Å²) in [4.78, 5) is 24.2. The molecule has 4 rings (SSSR count). The molecule has 0 spiro atoms. The summed E-state index contributed by atoms with van der Waals surface area (Å²) < 4.78 is 0.721. The topological polar surface area (TPSA) is 71.6 Å². The molecule has 33 heavy (non-hydrogen) atoms. The Labute approximate surface area is 202 Å². The number of benzene rings is 1. The second kappa shape index (κ2) is 10.1. The fourth-order valence-electron chi connectivity index (χ4n) is 4.11. The molecule has 168 valence electrons. The van der Waals surface area contributed by atoms with Gasteiger partial charge in [0.25, 0.3) is 0 Å². The van der Waals surface area contributed by atoms with Crippen LogP contribution >= 0.6 is 22.9 Å². The smallest absolute Gasteiger partial charge is 0.246 e. The molecule has 1 atom stereocenters. The quantitative estimate of drug-likeness (QED) is 0.381. The van der Waals surface area contributed by atoms with E-state index >= 15 is 0 Å². The number of carbonyl (C=O) groups excluding carboxylic acids is 1. The van der Waals surface area contributed by atoms with Crippen molar-refractivity contribution in [3.63, 3.8) is 0 Å². The molecule has 3 aromatic rings. The van der Waals surface area contributed by atoms with E-state index in [-0.39, 0.29) is 11.8 Å². The molecule has 1 amide bonds. The summed E-state index contributed by atoms with van der Waals surface area (Å²) in [6.07, 6.45) is 6.75. The van der Waals surface area contributed by atoms with Gasteiger partial charge in [-0.25, -0.2) is 0 Å². The number of aromatic nitrogens is 1. The summed E-state index contributed by atoms with van der Waals surface area (Å²) in [7, 11) is 0. The van der Waals surface area contributed by atoms with Gasteiger partial charge in [-0.15, -0.1) is 11.3 Å². The van der Waals surface area contributed by atoms with Crippen molar-refractivity contribution in [3.05, 3.63) is 105 Å². The highest BCUT2D eigenvalue weighted by atomic mass is 35.5. The van der Waals surface area contributed by atoms with E-state index in [1.54, 1.807) is 12.4 Å². The fraction of sp³-hybridized carbons (Fsp3) is 0.192. The van der Waals surface area contributed by atoms with Crippen LogP contribution in [0.5, 0.6) is 0 Å². The van der Waals surface area contributed by atoms with Crippen LogP contribution in [-0.4, -0.2) is 28.6 Å². The van der Waals surface area contributed by atoms with Gasteiger partial charge < -0.3 is 10.6 Å². The molecule has 1 aliphatic heterocycles. The van der Waals surface area contributed by atoms with E-state index in [0.717, 1.165) is 37.0 Å². The molecule has 0 bridgehead atoms. The Kier molecular flexibility index (Phi) is 7.06. The highest BCUT2D eigenvalue weighted by Crippen LogP contribution is 2.42. The van der Waals surface area contributed by atoms with Gasteiger partial charge in [0.1, 0.15) is 0 Å². The van der Waals surface area contributed by atoms with Gasteiger partial charge in [-0.05, 0) is 47.4 Å². The van der Waals surface area contributed by atoms with Crippen molar-refractivity contribution in [3.8, 4) is 0 Å². The second-order valence-electron chi connectivity index (χ2n) is 7.92. The number of pyridine rings is 1. The van der Waals surface area contributed by atoms with Crippen molar-refractivity contribution in [2.75, 3.05) is 6.54 Å². The Morgan fingerprint density at radius 2 is 2.15 bits per heavy atom. The SMILES string of the molecule is C=CC(=O)N1Cc2sc(Cl)cc2[C@@H](c2ccccc2C(C=NCc2cccnc2)=C(C)N)C1. The van der Waals surface area contributed by atoms with Gasteiger partial charge >= 0.3 is 0 Å². The van der Waals surface area contributed by atoms with Gasteiger partial charge in [0.05, 0.1) is 17.4 Å². The van der Waals surface area contributed by atoms with E-state index in [0.29, 0.717) is 25.3 Å². The lowest BCUT2D eigenvalue weighted by Gasteiger charge is -2.33. The minimum Gasteiger partial charge on any atom is -0.402 e. The molecule has 0 saturated heterocycles. The van der Waals surface area contributed by atoms with Crippen LogP contribution in [0.15, 0.2) is 78.2 Å². The summed E-state index contributed by atoms with van der Waals surface area (Å²) in [5, 5.41) is 0. The number of carbonyl (C=O) groups is 1. The molecule has 0 fully saturated rings. The maximum atomic E-state index is 12.5. The van der Waals surface area contributed by atoms with Crippen LogP contribution in [0.1, 0.15) is 40.0 Å². The number of nitrogens with zero attached hydrogens (tertiary/aromatic N) is 3. The molecule has 0 saturated carbocycles. The first-order valence-corrected chi connectivity index (χ1v) is 11.8. The highest BCUT2D eigenvalue weighted by molar-refractivity contribution is 7.16. The van der Waals surface area contributed by atoms with Crippen LogP contribution in [0.25, 0.3) is 5.57 Å². The highest BCUT2D eigenvalue weighted by Gasteiger charge is 2.31. The molecular weight excluding hydrogens is 452 g/mol. The molecule has 7 heteroatoms. The lowest BCUT2D eigenvalue weighted by atomic mass is 9.83. The Balaban J connectivity index is 1.73. The zero-order valence-corrected chi connectivity index (χ0v) is 19.9. The minimum absolute atomic E-state index is 0.0290. The van der Waals surface area contributed by atoms with Gasteiger partial charge in [0.2, 0.25) is 5.91 Å². The average molecular weight is 477 g/mol. The third kappa shape index (κ3) is 5.07. The predicted octanol–water partition coefficient (Wildman–Crippen LogP) is 5.42. The number of fused-ring (bicyclic) bond motifs is 1. The van der Waals surface area contributed by atoms with Gasteiger partial charge in [-0.2, -0.15) is 0 Å². The lowest BCUT2D eigenvalue weighted by molar-refractivity contribution is -0.127. The van der Waals surface area contributed by atoms with Gasteiger partial charge in [0.15, 0.2) is 0 Å². The van der Waals surface area contributed by atoms with Crippen molar-refractivity contribution in [2.24, 2.45) is 10.7 Å². The first-order chi connectivity index (χ1) is 16.0. The molecule has 5 nitrogen and oxygen atoms in total. The molecule has 0 radical (unpaired) electrons. The summed E-state index contributed by atoms with van der Waals surface area (Å²) in [6, 6.07) is 14.1. The Morgan fingerprint density at radius 1 is 1.33 bits per heavy atom. The van der Waals surface area contributed by atoms with Gasteiger partial charge in [-0.1, -0.05) is 48.5 Å². The van der Waals surface area contributed by atoms with Crippen molar-refractivity contribution in [1.29, 1.82) is 0 Å². The number of rotatable bonds is 6. The average Bonchev–Trinajstić information content (AvgIpc) is 3.21.